The number of ketones is 1. The minimum Gasteiger partial charge on any atom is -0.310 e. The summed E-state index contributed by atoms with van der Waals surface area (Å²) in [5.74, 6) is -2.93. The lowest BCUT2D eigenvalue weighted by molar-refractivity contribution is 0.104. The van der Waals surface area contributed by atoms with Crippen molar-refractivity contribution in [1.82, 2.24) is 0 Å². The van der Waals surface area contributed by atoms with Crippen LogP contribution in [0.2, 0.25) is 0 Å². The number of fused-ring (bicyclic) bond motifs is 7. The molecule has 0 unspecified atom stereocenters. The first kappa shape index (κ1) is 49.5. The third-order valence-corrected chi connectivity index (χ3v) is 18.1. The maximum atomic E-state index is 14.4. The van der Waals surface area contributed by atoms with Gasteiger partial charge in [-0.05, 0) is 176 Å². The maximum Gasteiger partial charge on any atom is 0.194 e. The van der Waals surface area contributed by atoms with E-state index in [1.165, 1.54) is 55.3 Å². The third kappa shape index (κ3) is 7.43. The van der Waals surface area contributed by atoms with Crippen molar-refractivity contribution in [1.29, 1.82) is 10.5 Å². The Labute approximate surface area is 479 Å². The fraction of sp³-hybridized carbons (Fsp3) is 0.0779. The molecule has 392 valence electrons. The van der Waals surface area contributed by atoms with Gasteiger partial charge in [0.1, 0.15) is 17.7 Å². The Balaban J connectivity index is 0.755. The fourth-order valence-corrected chi connectivity index (χ4v) is 13.9. The van der Waals surface area contributed by atoms with Gasteiger partial charge >= 0.3 is 0 Å². The summed E-state index contributed by atoms with van der Waals surface area (Å²) in [6, 6.07) is 80.2. The molecule has 0 fully saturated rings. The molecular weight excluding hydrogens is 1020 g/mol. The molecule has 0 saturated heterocycles. The molecule has 0 atom stereocenters. The van der Waals surface area contributed by atoms with E-state index in [0.717, 1.165) is 84.1 Å². The third-order valence-electron chi connectivity index (χ3n) is 18.1. The van der Waals surface area contributed by atoms with Crippen molar-refractivity contribution in [2.45, 2.75) is 38.5 Å². The molecule has 0 saturated carbocycles. The van der Waals surface area contributed by atoms with Crippen LogP contribution >= 0.6 is 0 Å². The van der Waals surface area contributed by atoms with Gasteiger partial charge < -0.3 is 4.90 Å². The van der Waals surface area contributed by atoms with Crippen LogP contribution in [0.4, 0.5) is 25.8 Å². The van der Waals surface area contributed by atoms with Gasteiger partial charge in [0.2, 0.25) is 0 Å². The largest absolute Gasteiger partial charge is 0.310 e. The molecule has 0 N–H and O–H groups in total. The highest BCUT2D eigenvalue weighted by Crippen LogP contribution is 2.54. The number of halogens is 2. The molecule has 0 spiro atoms. The number of carbonyl (C=O) groups excluding carboxylic acids is 1. The number of rotatable bonds is 7. The second kappa shape index (κ2) is 18.2. The van der Waals surface area contributed by atoms with Crippen LogP contribution in [0.25, 0.3) is 99.6 Å². The Morgan fingerprint density at radius 1 is 0.422 bits per heavy atom. The monoisotopic (exact) mass is 1070 g/mol. The van der Waals surface area contributed by atoms with Gasteiger partial charge in [-0.15, -0.1) is 0 Å². The summed E-state index contributed by atoms with van der Waals surface area (Å²) in [5, 5.41) is 26.5. The lowest BCUT2D eigenvalue weighted by Crippen LogP contribution is -2.16. The molecular formula is C77H49F2N3O. The van der Waals surface area contributed by atoms with Gasteiger partial charge in [-0.3, -0.25) is 4.79 Å². The van der Waals surface area contributed by atoms with Gasteiger partial charge in [-0.25, -0.2) is 8.78 Å². The predicted molar refractivity (Wildman–Crippen MR) is 333 cm³/mol. The molecule has 6 heteroatoms. The van der Waals surface area contributed by atoms with Crippen LogP contribution < -0.4 is 4.90 Å². The molecule has 12 aromatic rings. The molecule has 0 bridgehead atoms. The lowest BCUT2D eigenvalue weighted by Gasteiger charge is -2.28. The van der Waals surface area contributed by atoms with Crippen LogP contribution in [-0.2, 0) is 10.8 Å². The van der Waals surface area contributed by atoms with Crippen LogP contribution in [-0.4, -0.2) is 5.78 Å². The van der Waals surface area contributed by atoms with Gasteiger partial charge in [0.15, 0.2) is 17.4 Å². The zero-order valence-electron chi connectivity index (χ0n) is 45.9. The number of anilines is 3. The summed E-state index contributed by atoms with van der Waals surface area (Å²) in [5.41, 5.74) is 20.4. The average molecular weight is 1070 g/mol. The number of carbonyl (C=O) groups is 1. The van der Waals surface area contributed by atoms with Gasteiger partial charge in [0, 0.05) is 44.6 Å². The van der Waals surface area contributed by atoms with Crippen molar-refractivity contribution in [3.8, 4) is 67.8 Å². The SMILES string of the molecule is CC1(C)c2ccccc2-c2cc(N(c3ccc(-c4ccc(-c5ccc6ccc7c(-c8ccc(C=C9C(=O)c%10cc(F)c(F)cc%10C9=C(C#N)C#N)cc8)ccc8ccc5c6c87)cc4)cc3)c3ccc4c(c3)-c3ccccc3C4(C)C)ccc21. The van der Waals surface area contributed by atoms with E-state index in [-0.39, 0.29) is 38.7 Å². The van der Waals surface area contributed by atoms with Crippen molar-refractivity contribution < 1.29 is 13.6 Å². The van der Waals surface area contributed by atoms with E-state index in [0.29, 0.717) is 5.56 Å². The number of allylic oxidation sites excluding steroid dienone is 3. The van der Waals surface area contributed by atoms with E-state index >= 15 is 0 Å². The number of nitriles is 2. The summed E-state index contributed by atoms with van der Waals surface area (Å²) >= 11 is 0. The van der Waals surface area contributed by atoms with Crippen LogP contribution in [0.5, 0.6) is 0 Å². The van der Waals surface area contributed by atoms with Gasteiger partial charge in [-0.2, -0.15) is 10.5 Å². The van der Waals surface area contributed by atoms with Crippen LogP contribution in [0.15, 0.2) is 230 Å². The zero-order valence-corrected chi connectivity index (χ0v) is 45.9. The molecule has 83 heavy (non-hydrogen) atoms. The Morgan fingerprint density at radius 2 is 0.843 bits per heavy atom. The molecule has 15 rings (SSSR count). The lowest BCUT2D eigenvalue weighted by atomic mass is 9.82. The fourth-order valence-electron chi connectivity index (χ4n) is 13.9. The minimum atomic E-state index is -1.18. The van der Waals surface area contributed by atoms with Gasteiger partial charge in [0.05, 0.1) is 0 Å². The second-order valence-corrected chi connectivity index (χ2v) is 23.2. The molecule has 3 aliphatic rings. The Kier molecular flexibility index (Phi) is 10.9. The summed E-state index contributed by atoms with van der Waals surface area (Å²) < 4.78 is 28.8. The predicted octanol–water partition coefficient (Wildman–Crippen LogP) is 20.0. The molecule has 0 aliphatic heterocycles. The molecule has 4 nitrogen and oxygen atoms in total. The summed E-state index contributed by atoms with van der Waals surface area (Å²) in [6.07, 6.45) is 1.57. The molecule has 0 amide bonds. The first-order valence-electron chi connectivity index (χ1n) is 27.9. The normalized spacial score (nSPS) is 14.6. The van der Waals surface area contributed by atoms with E-state index in [1.54, 1.807) is 6.08 Å². The van der Waals surface area contributed by atoms with E-state index < -0.39 is 17.4 Å². The van der Waals surface area contributed by atoms with Gasteiger partial charge in [0.25, 0.3) is 0 Å². The van der Waals surface area contributed by atoms with E-state index in [2.05, 4.69) is 215 Å². The van der Waals surface area contributed by atoms with Crippen molar-refractivity contribution in [3.05, 3.63) is 280 Å². The van der Waals surface area contributed by atoms with E-state index in [4.69, 9.17) is 0 Å². The highest BCUT2D eigenvalue weighted by atomic mass is 19.2. The van der Waals surface area contributed by atoms with E-state index in [1.807, 2.05) is 36.4 Å². The quantitative estimate of drug-likeness (QED) is 0.0906. The van der Waals surface area contributed by atoms with Crippen molar-refractivity contribution in [3.63, 3.8) is 0 Å². The summed E-state index contributed by atoms with van der Waals surface area (Å²) in [4.78, 5) is 16.0. The molecule has 12 aromatic carbocycles. The highest BCUT2D eigenvalue weighted by Gasteiger charge is 2.38. The smallest absolute Gasteiger partial charge is 0.194 e. The first-order chi connectivity index (χ1) is 40.3. The standard InChI is InChI=1S/C77H49F2N3O/c1-76(2)66-11-7-5-9-57(66)61-38-53(29-35-68(61)76)82(54-30-36-69-62(39-54)58-10-6-8-12-67(58)77(69,3)4)52-27-21-46(22-28-52)45-17-19-48(20-18-45)56-32-24-50-25-33-59-55(31-23-49-26-34-60(56)74(50)73(49)59)47-15-13-44(14-16-47)37-65-72(51(42-80)43-81)63-40-70(78)71(79)41-64(63)75(65)83/h5-41H,1-4H3. The van der Waals surface area contributed by atoms with Crippen LogP contribution in [0, 0.1) is 34.3 Å². The highest BCUT2D eigenvalue weighted by molar-refractivity contribution is 6.30. The summed E-state index contributed by atoms with van der Waals surface area (Å²) in [7, 11) is 0. The van der Waals surface area contributed by atoms with Crippen molar-refractivity contribution in [2.75, 3.05) is 4.90 Å². The Bertz CT molecular complexity index is 4830. The maximum absolute atomic E-state index is 14.4. The van der Waals surface area contributed by atoms with E-state index in [9.17, 15) is 24.1 Å². The first-order valence-corrected chi connectivity index (χ1v) is 27.9. The minimum absolute atomic E-state index is 0.00148. The second-order valence-electron chi connectivity index (χ2n) is 23.2. The number of Topliss-reactive ketones (excluding diaryl/α,β-unsaturated/α-hetero) is 1. The number of hydrogen-bond acceptors (Lipinski definition) is 4. The Hall–Kier alpha value is -10.5. The molecule has 0 aromatic heterocycles. The van der Waals surface area contributed by atoms with Crippen LogP contribution in [0.3, 0.4) is 0 Å². The van der Waals surface area contributed by atoms with Crippen molar-refractivity contribution >= 4 is 66.8 Å². The van der Waals surface area contributed by atoms with Gasteiger partial charge in [-0.1, -0.05) is 198 Å². The average Bonchev–Trinajstić information content (AvgIpc) is 3.47. The number of hydrogen-bond donors (Lipinski definition) is 0. The topological polar surface area (TPSA) is 67.9 Å². The number of nitrogens with zero attached hydrogens (tertiary/aromatic N) is 3. The van der Waals surface area contributed by atoms with Crippen molar-refractivity contribution in [2.24, 2.45) is 0 Å². The molecule has 0 heterocycles. The zero-order chi connectivity index (χ0) is 56.6. The Morgan fingerprint density at radius 3 is 1.35 bits per heavy atom. The molecule has 0 radical (unpaired) electrons. The molecule has 3 aliphatic carbocycles. The summed E-state index contributed by atoms with van der Waals surface area (Å²) in [6.45, 7) is 9.32. The number of benzene rings is 12. The van der Waals surface area contributed by atoms with Crippen LogP contribution in [0.1, 0.15) is 71.4 Å².